The van der Waals surface area contributed by atoms with Gasteiger partial charge in [0.1, 0.15) is 0 Å². The Labute approximate surface area is 59.5 Å². The fourth-order valence-corrected chi connectivity index (χ4v) is 0.767. The second kappa shape index (κ2) is 2.73. The van der Waals surface area contributed by atoms with Gasteiger partial charge in [-0.3, -0.25) is 4.98 Å². The molecule has 0 saturated carbocycles. The van der Waals surface area contributed by atoms with Crippen molar-refractivity contribution >= 4 is 18.3 Å². The first-order chi connectivity index (χ1) is 4.33. The Kier molecular flexibility index (Phi) is 1.95. The van der Waals surface area contributed by atoms with Crippen LogP contribution in [0.15, 0.2) is 18.5 Å². The smallest absolute Gasteiger partial charge is 0.0503 e. The molecule has 1 rings (SSSR count). The van der Waals surface area contributed by atoms with E-state index in [0.29, 0.717) is 11.4 Å². The normalized spacial score (nSPS) is 9.44. The topological polar surface area (TPSA) is 38.9 Å². The summed E-state index contributed by atoms with van der Waals surface area (Å²) >= 11 is 4.06. The molecule has 0 amide bonds. The van der Waals surface area contributed by atoms with Crippen molar-refractivity contribution in [2.75, 3.05) is 5.73 Å². The molecule has 3 heteroatoms. The molecule has 2 N–H and O–H groups in total. The summed E-state index contributed by atoms with van der Waals surface area (Å²) in [6.07, 6.45) is 3.37. The van der Waals surface area contributed by atoms with E-state index in [4.69, 9.17) is 5.73 Å². The highest BCUT2D eigenvalue weighted by Gasteiger charge is 1.88. The molecule has 1 heterocycles. The molecule has 0 unspecified atom stereocenters. The number of nitrogens with two attached hydrogens (primary N) is 1. The number of thiol groups is 1. The first kappa shape index (κ1) is 6.42. The highest BCUT2D eigenvalue weighted by molar-refractivity contribution is 7.79. The van der Waals surface area contributed by atoms with Gasteiger partial charge in [0.05, 0.1) is 5.69 Å². The minimum absolute atomic E-state index is 0.692. The molecule has 0 saturated heterocycles. The molecule has 0 aliphatic heterocycles. The zero-order chi connectivity index (χ0) is 6.69. The summed E-state index contributed by atoms with van der Waals surface area (Å²) in [4.78, 5) is 3.88. The van der Waals surface area contributed by atoms with E-state index in [9.17, 15) is 0 Å². The van der Waals surface area contributed by atoms with Gasteiger partial charge in [0.25, 0.3) is 0 Å². The summed E-state index contributed by atoms with van der Waals surface area (Å²) in [6.45, 7) is 0. The summed E-state index contributed by atoms with van der Waals surface area (Å²) in [7, 11) is 0. The van der Waals surface area contributed by atoms with Crippen LogP contribution in [0.25, 0.3) is 0 Å². The highest BCUT2D eigenvalue weighted by atomic mass is 32.1. The predicted molar refractivity (Wildman–Crippen MR) is 41.3 cm³/mol. The summed E-state index contributed by atoms with van der Waals surface area (Å²) in [5.74, 6) is 0.692. The number of anilines is 1. The molecular formula is C6H8N2S. The molecule has 0 aliphatic rings. The second-order valence-electron chi connectivity index (χ2n) is 1.78. The van der Waals surface area contributed by atoms with Crippen LogP contribution in [0.2, 0.25) is 0 Å². The zero-order valence-corrected chi connectivity index (χ0v) is 5.81. The van der Waals surface area contributed by atoms with E-state index in [2.05, 4.69) is 17.6 Å². The molecule has 0 spiro atoms. The Bertz CT molecular complexity index is 200. The molecule has 9 heavy (non-hydrogen) atoms. The van der Waals surface area contributed by atoms with Crippen LogP contribution in [-0.4, -0.2) is 4.98 Å². The molecule has 48 valence electrons. The second-order valence-corrected chi connectivity index (χ2v) is 2.10. The molecule has 0 fully saturated rings. The standard InChI is InChI=1S/C6H8N2S/c7-6-1-5(4-9)2-8-3-6/h1-3,9H,4,7H2. The van der Waals surface area contributed by atoms with Gasteiger partial charge >= 0.3 is 0 Å². The lowest BCUT2D eigenvalue weighted by molar-refractivity contribution is 1.26. The largest absolute Gasteiger partial charge is 0.397 e. The first-order valence-electron chi connectivity index (χ1n) is 2.63. The monoisotopic (exact) mass is 140 g/mol. The van der Waals surface area contributed by atoms with Crippen LogP contribution < -0.4 is 5.73 Å². The van der Waals surface area contributed by atoms with Crippen molar-refractivity contribution in [2.45, 2.75) is 5.75 Å². The van der Waals surface area contributed by atoms with Crippen molar-refractivity contribution in [3.8, 4) is 0 Å². The van der Waals surface area contributed by atoms with Crippen molar-refractivity contribution < 1.29 is 0 Å². The molecule has 2 nitrogen and oxygen atoms in total. The molecule has 0 atom stereocenters. The number of hydrogen-bond donors (Lipinski definition) is 2. The Morgan fingerprint density at radius 3 is 2.78 bits per heavy atom. The van der Waals surface area contributed by atoms with Gasteiger partial charge in [-0.15, -0.1) is 0 Å². The molecular weight excluding hydrogens is 132 g/mol. The van der Waals surface area contributed by atoms with Crippen LogP contribution in [0, 0.1) is 0 Å². The Balaban J connectivity index is 2.94. The van der Waals surface area contributed by atoms with Crippen molar-refractivity contribution in [1.29, 1.82) is 0 Å². The van der Waals surface area contributed by atoms with Gasteiger partial charge < -0.3 is 5.73 Å². The van der Waals surface area contributed by atoms with Crippen LogP contribution in [-0.2, 0) is 5.75 Å². The number of hydrogen-bond acceptors (Lipinski definition) is 3. The number of rotatable bonds is 1. The van der Waals surface area contributed by atoms with E-state index in [1.165, 1.54) is 0 Å². The van der Waals surface area contributed by atoms with Gasteiger partial charge in [-0.1, -0.05) is 0 Å². The summed E-state index contributed by atoms with van der Waals surface area (Å²) < 4.78 is 0. The lowest BCUT2D eigenvalue weighted by Gasteiger charge is -1.94. The SMILES string of the molecule is Nc1cncc(CS)c1. The van der Waals surface area contributed by atoms with Gasteiger partial charge in [-0.2, -0.15) is 12.6 Å². The van der Waals surface area contributed by atoms with Gasteiger partial charge in [-0.25, -0.2) is 0 Å². The van der Waals surface area contributed by atoms with E-state index in [-0.39, 0.29) is 0 Å². The molecule has 0 aromatic carbocycles. The van der Waals surface area contributed by atoms with Crippen molar-refractivity contribution in [1.82, 2.24) is 4.98 Å². The van der Waals surface area contributed by atoms with Gasteiger partial charge in [0.15, 0.2) is 0 Å². The van der Waals surface area contributed by atoms with Crippen LogP contribution in [0.4, 0.5) is 5.69 Å². The predicted octanol–water partition coefficient (Wildman–Crippen LogP) is 1.09. The Morgan fingerprint density at radius 2 is 2.33 bits per heavy atom. The molecule has 1 aromatic heterocycles. The lowest BCUT2D eigenvalue weighted by atomic mass is 10.3. The lowest BCUT2D eigenvalue weighted by Crippen LogP contribution is -1.87. The Hall–Kier alpha value is -0.700. The fourth-order valence-electron chi connectivity index (χ4n) is 0.594. The van der Waals surface area contributed by atoms with Crippen molar-refractivity contribution in [3.05, 3.63) is 24.0 Å². The van der Waals surface area contributed by atoms with E-state index in [1.807, 2.05) is 6.07 Å². The fraction of sp³-hybridized carbons (Fsp3) is 0.167. The minimum atomic E-state index is 0.692. The first-order valence-corrected chi connectivity index (χ1v) is 3.26. The Morgan fingerprint density at radius 1 is 1.56 bits per heavy atom. The maximum absolute atomic E-state index is 5.44. The zero-order valence-electron chi connectivity index (χ0n) is 4.91. The quantitative estimate of drug-likeness (QED) is 0.573. The average molecular weight is 140 g/mol. The minimum Gasteiger partial charge on any atom is -0.397 e. The van der Waals surface area contributed by atoms with Gasteiger partial charge in [-0.05, 0) is 11.6 Å². The number of pyridine rings is 1. The molecule has 1 aromatic rings. The summed E-state index contributed by atoms with van der Waals surface area (Å²) in [6, 6.07) is 1.86. The van der Waals surface area contributed by atoms with Gasteiger partial charge in [0.2, 0.25) is 0 Å². The van der Waals surface area contributed by atoms with Crippen LogP contribution in [0.5, 0.6) is 0 Å². The highest BCUT2D eigenvalue weighted by Crippen LogP contribution is 2.05. The van der Waals surface area contributed by atoms with Crippen LogP contribution in [0.3, 0.4) is 0 Å². The van der Waals surface area contributed by atoms with Crippen molar-refractivity contribution in [2.24, 2.45) is 0 Å². The number of aromatic nitrogens is 1. The van der Waals surface area contributed by atoms with E-state index in [0.717, 1.165) is 5.56 Å². The molecule has 0 radical (unpaired) electrons. The maximum atomic E-state index is 5.44. The third kappa shape index (κ3) is 1.61. The number of nitrogens with zero attached hydrogens (tertiary/aromatic N) is 1. The summed E-state index contributed by atoms with van der Waals surface area (Å²) in [5.41, 5.74) is 7.19. The van der Waals surface area contributed by atoms with Crippen LogP contribution >= 0.6 is 12.6 Å². The van der Waals surface area contributed by atoms with E-state index >= 15 is 0 Å². The van der Waals surface area contributed by atoms with Crippen molar-refractivity contribution in [3.63, 3.8) is 0 Å². The average Bonchev–Trinajstić information content (AvgIpc) is 1.88. The van der Waals surface area contributed by atoms with Gasteiger partial charge in [0, 0.05) is 18.1 Å². The third-order valence-electron chi connectivity index (χ3n) is 0.999. The maximum Gasteiger partial charge on any atom is 0.0503 e. The van der Waals surface area contributed by atoms with E-state index < -0.39 is 0 Å². The molecule has 0 aliphatic carbocycles. The number of nitrogen functional groups attached to an aromatic ring is 1. The third-order valence-corrected chi connectivity index (χ3v) is 1.36. The van der Waals surface area contributed by atoms with Crippen LogP contribution in [0.1, 0.15) is 5.56 Å². The summed E-state index contributed by atoms with van der Waals surface area (Å²) in [5, 5.41) is 0. The van der Waals surface area contributed by atoms with E-state index in [1.54, 1.807) is 12.4 Å². The molecule has 0 bridgehead atoms.